The summed E-state index contributed by atoms with van der Waals surface area (Å²) in [5.74, 6) is -0.978. The third-order valence-electron chi connectivity index (χ3n) is 5.61. The summed E-state index contributed by atoms with van der Waals surface area (Å²) in [5.41, 5.74) is 1.91. The van der Waals surface area contributed by atoms with Crippen LogP contribution in [0.3, 0.4) is 0 Å². The average Bonchev–Trinajstić information content (AvgIpc) is 2.86. The molecule has 0 aromatic heterocycles. The summed E-state index contributed by atoms with van der Waals surface area (Å²) >= 11 is 6.01. The quantitative estimate of drug-likeness (QED) is 0.336. The topological polar surface area (TPSA) is 102 Å². The number of carbonyl (C=O) groups is 3. The summed E-state index contributed by atoms with van der Waals surface area (Å²) in [7, 11) is 0.0292. The highest BCUT2D eigenvalue weighted by molar-refractivity contribution is 7.86. The number of amides is 2. The first-order valence-corrected chi connectivity index (χ1v) is 12.5. The number of methoxy groups -OCH3 is 1. The number of nitrogens with zero attached hydrogens (tertiary/aromatic N) is 1. The lowest BCUT2D eigenvalue weighted by molar-refractivity contribution is -0.153. The van der Waals surface area contributed by atoms with Gasteiger partial charge in [-0.3, -0.25) is 18.7 Å². The number of fused-ring (bicyclic) bond motifs is 1. The molecule has 2 aromatic rings. The van der Waals surface area contributed by atoms with Crippen molar-refractivity contribution in [2.24, 2.45) is 0 Å². The Morgan fingerprint density at radius 3 is 2.47 bits per heavy atom. The van der Waals surface area contributed by atoms with Crippen LogP contribution in [0.4, 0.5) is 0 Å². The molecule has 2 aromatic carbocycles. The third kappa shape index (κ3) is 4.85. The van der Waals surface area contributed by atoms with E-state index in [-0.39, 0.29) is 36.3 Å². The molecule has 10 heteroatoms. The predicted molar refractivity (Wildman–Crippen MR) is 126 cm³/mol. The van der Waals surface area contributed by atoms with Crippen molar-refractivity contribution in [3.05, 3.63) is 77.0 Å². The second-order valence-corrected chi connectivity index (χ2v) is 9.64. The van der Waals surface area contributed by atoms with Crippen molar-refractivity contribution in [3.63, 3.8) is 0 Å². The molecule has 2 amide bonds. The van der Waals surface area contributed by atoms with Gasteiger partial charge >= 0.3 is 5.97 Å². The molecule has 0 spiro atoms. The minimum Gasteiger partial charge on any atom is -0.497 e. The zero-order valence-corrected chi connectivity index (χ0v) is 19.9. The molecule has 1 fully saturated rings. The van der Waals surface area contributed by atoms with E-state index in [2.05, 4.69) is 5.32 Å². The Morgan fingerprint density at radius 2 is 1.82 bits per heavy atom. The highest BCUT2D eigenvalue weighted by Gasteiger charge is 2.57. The number of β-lactam (4-membered cyclic amide) rings is 1. The van der Waals surface area contributed by atoms with Gasteiger partial charge in [-0.25, -0.2) is 4.79 Å². The van der Waals surface area contributed by atoms with E-state index in [1.54, 1.807) is 43.5 Å². The number of hydrogen-bond donors (Lipinski definition) is 1. The zero-order chi connectivity index (χ0) is 24.2. The minimum absolute atomic E-state index is 0.00618. The van der Waals surface area contributed by atoms with Crippen LogP contribution in [0.25, 0.3) is 0 Å². The van der Waals surface area contributed by atoms with E-state index >= 15 is 0 Å². The van der Waals surface area contributed by atoms with Crippen molar-refractivity contribution in [1.82, 2.24) is 10.2 Å². The smallest absolute Gasteiger partial charge is 0.355 e. The van der Waals surface area contributed by atoms with Crippen LogP contribution in [-0.2, 0) is 42.9 Å². The van der Waals surface area contributed by atoms with Gasteiger partial charge in [-0.2, -0.15) is 0 Å². The summed E-state index contributed by atoms with van der Waals surface area (Å²) in [6.07, 6.45) is 0.0868. The first-order chi connectivity index (χ1) is 16.4. The van der Waals surface area contributed by atoms with Crippen LogP contribution >= 0.6 is 11.6 Å². The number of esters is 1. The molecular weight excluding hydrogens is 480 g/mol. The molecule has 4 rings (SSSR count). The van der Waals surface area contributed by atoms with Crippen LogP contribution in [-0.4, -0.2) is 57.1 Å². The fourth-order valence-electron chi connectivity index (χ4n) is 3.89. The Morgan fingerprint density at radius 1 is 1.12 bits per heavy atom. The van der Waals surface area contributed by atoms with Gasteiger partial charge < -0.3 is 14.8 Å². The maximum atomic E-state index is 12.9. The van der Waals surface area contributed by atoms with Gasteiger partial charge in [-0.15, -0.1) is 11.6 Å². The zero-order valence-electron chi connectivity index (χ0n) is 18.4. The Labute approximate surface area is 204 Å². The summed E-state index contributed by atoms with van der Waals surface area (Å²) in [6, 6.07) is 15.1. The molecule has 0 radical (unpaired) electrons. The number of carbonyl (C=O) groups excluding carboxylic acids is 3. The summed E-state index contributed by atoms with van der Waals surface area (Å²) in [5, 5.41) is 1.82. The third-order valence-corrected chi connectivity index (χ3v) is 7.59. The SMILES string of the molecule is COc1ccc(COC(=O)C2=C(CCl)CS(=O)[C@H]3[C@H](NC(=O)Cc4ccccc4)C(=O)N23)cc1. The molecule has 0 bridgehead atoms. The molecule has 1 saturated heterocycles. The van der Waals surface area contributed by atoms with Gasteiger partial charge in [0.15, 0.2) is 0 Å². The van der Waals surface area contributed by atoms with Crippen molar-refractivity contribution >= 4 is 40.2 Å². The van der Waals surface area contributed by atoms with Crippen molar-refractivity contribution in [1.29, 1.82) is 0 Å². The average molecular weight is 503 g/mol. The maximum Gasteiger partial charge on any atom is 0.355 e. The molecule has 8 nitrogen and oxygen atoms in total. The van der Waals surface area contributed by atoms with E-state index in [1.165, 1.54) is 0 Å². The largest absolute Gasteiger partial charge is 0.497 e. The molecule has 2 aliphatic heterocycles. The number of halogens is 1. The first-order valence-electron chi connectivity index (χ1n) is 10.5. The van der Waals surface area contributed by atoms with E-state index in [9.17, 15) is 18.6 Å². The molecule has 3 atom stereocenters. The van der Waals surface area contributed by atoms with Crippen LogP contribution in [0.5, 0.6) is 5.75 Å². The van der Waals surface area contributed by atoms with Gasteiger partial charge in [0.25, 0.3) is 5.91 Å². The van der Waals surface area contributed by atoms with E-state index in [4.69, 9.17) is 21.1 Å². The van der Waals surface area contributed by atoms with Crippen molar-refractivity contribution in [2.75, 3.05) is 18.7 Å². The minimum atomic E-state index is -1.53. The van der Waals surface area contributed by atoms with E-state index in [0.717, 1.165) is 16.0 Å². The number of ether oxygens (including phenoxy) is 2. The number of hydrogen-bond acceptors (Lipinski definition) is 6. The second kappa shape index (κ2) is 10.4. The second-order valence-electron chi connectivity index (χ2n) is 7.84. The van der Waals surface area contributed by atoms with Crippen molar-refractivity contribution in [2.45, 2.75) is 24.4 Å². The lowest BCUT2D eigenvalue weighted by Crippen LogP contribution is -2.73. The molecule has 0 saturated carbocycles. The Hall–Kier alpha value is -3.17. The van der Waals surface area contributed by atoms with Crippen LogP contribution in [0.15, 0.2) is 65.9 Å². The normalized spacial score (nSPS) is 21.4. The highest BCUT2D eigenvalue weighted by Crippen LogP contribution is 2.36. The number of nitrogens with one attached hydrogen (secondary N) is 1. The lowest BCUT2D eigenvalue weighted by Gasteiger charge is -2.49. The van der Waals surface area contributed by atoms with Crippen LogP contribution in [0.1, 0.15) is 11.1 Å². The van der Waals surface area contributed by atoms with E-state index in [0.29, 0.717) is 11.3 Å². The predicted octanol–water partition coefficient (Wildman–Crippen LogP) is 1.89. The van der Waals surface area contributed by atoms with Gasteiger partial charge in [0, 0.05) is 5.88 Å². The number of rotatable bonds is 8. The summed E-state index contributed by atoms with van der Waals surface area (Å²) in [4.78, 5) is 39.5. The lowest BCUT2D eigenvalue weighted by atomic mass is 10.0. The standard InChI is InChI=1S/C24H23ClN2O6S/c1-32-18-9-7-16(8-10-18)13-33-24(30)21-17(12-25)14-34(31)23-20(22(29)27(21)23)26-19(28)11-15-5-3-2-4-6-15/h2-10,20,23H,11-14H2,1H3,(H,26,28)/t20-,23+,34?/m1/s1. The van der Waals surface area contributed by atoms with Crippen LogP contribution in [0.2, 0.25) is 0 Å². The first kappa shape index (κ1) is 24.0. The monoisotopic (exact) mass is 502 g/mol. The fraction of sp³-hybridized carbons (Fsp3) is 0.292. The molecule has 1 N–H and O–H groups in total. The van der Waals surface area contributed by atoms with Gasteiger partial charge in [0.05, 0.1) is 30.1 Å². The molecular formula is C24H23ClN2O6S. The van der Waals surface area contributed by atoms with Crippen molar-refractivity contribution in [3.8, 4) is 5.75 Å². The molecule has 2 heterocycles. The number of alkyl halides is 1. The summed E-state index contributed by atoms with van der Waals surface area (Å²) < 4.78 is 23.4. The van der Waals surface area contributed by atoms with Crippen LogP contribution < -0.4 is 10.1 Å². The summed E-state index contributed by atoms with van der Waals surface area (Å²) in [6.45, 7) is -0.0189. The Bertz CT molecular complexity index is 1150. The van der Waals surface area contributed by atoms with Gasteiger partial charge in [-0.1, -0.05) is 42.5 Å². The van der Waals surface area contributed by atoms with Crippen molar-refractivity contribution < 1.29 is 28.1 Å². The van der Waals surface area contributed by atoms with Gasteiger partial charge in [0.2, 0.25) is 5.91 Å². The van der Waals surface area contributed by atoms with Crippen LogP contribution in [0, 0.1) is 0 Å². The molecule has 178 valence electrons. The fourth-order valence-corrected chi connectivity index (χ4v) is 5.91. The van der Waals surface area contributed by atoms with Gasteiger partial charge in [-0.05, 0) is 28.8 Å². The molecule has 2 aliphatic rings. The Kier molecular flexibility index (Phi) is 7.33. The van der Waals surface area contributed by atoms with Gasteiger partial charge in [0.1, 0.15) is 29.5 Å². The maximum absolute atomic E-state index is 12.9. The highest BCUT2D eigenvalue weighted by atomic mass is 35.5. The Balaban J connectivity index is 1.45. The molecule has 34 heavy (non-hydrogen) atoms. The molecule has 1 unspecified atom stereocenters. The van der Waals surface area contributed by atoms with E-state index < -0.39 is 34.1 Å². The molecule has 0 aliphatic carbocycles. The number of benzene rings is 2. The van der Waals surface area contributed by atoms with E-state index in [1.807, 2.05) is 18.2 Å².